The number of amides is 1. The molecule has 3 aromatic rings. The number of aromatic nitrogens is 2. The zero-order valence-corrected chi connectivity index (χ0v) is 17.4. The van der Waals surface area contributed by atoms with Gasteiger partial charge in [0.1, 0.15) is 12.6 Å². The van der Waals surface area contributed by atoms with Crippen LogP contribution in [0.15, 0.2) is 59.1 Å². The minimum atomic E-state index is -0.502. The van der Waals surface area contributed by atoms with Crippen LogP contribution < -0.4 is 5.32 Å². The van der Waals surface area contributed by atoms with E-state index in [1.54, 1.807) is 12.1 Å². The van der Waals surface area contributed by atoms with E-state index in [-0.39, 0.29) is 35.8 Å². The molecule has 1 amide bonds. The fourth-order valence-electron chi connectivity index (χ4n) is 2.97. The highest BCUT2D eigenvalue weighted by Crippen LogP contribution is 2.27. The molecule has 162 valence electrons. The van der Waals surface area contributed by atoms with Crippen molar-refractivity contribution in [2.75, 3.05) is 6.61 Å². The Hall–Kier alpha value is -3.59. The number of nitrogens with zero attached hydrogens (tertiary/aromatic N) is 3. The van der Waals surface area contributed by atoms with Crippen LogP contribution in [-0.4, -0.2) is 27.6 Å². The SMILES string of the molecule is CC[C@@H](C)[C@H](NC(=O)COCc1ccccc1)c1nc(-c2cccc([N+](=O)[O-])c2)no1. The number of ether oxygens (including phenoxy) is 1. The Morgan fingerprint density at radius 1 is 1.23 bits per heavy atom. The monoisotopic (exact) mass is 424 g/mol. The number of non-ortho nitro benzene ring substituents is 1. The zero-order chi connectivity index (χ0) is 22.2. The van der Waals surface area contributed by atoms with Gasteiger partial charge < -0.3 is 14.6 Å². The topological polar surface area (TPSA) is 120 Å². The summed E-state index contributed by atoms with van der Waals surface area (Å²) in [5.74, 6) is 0.196. The molecule has 2 atom stereocenters. The van der Waals surface area contributed by atoms with E-state index in [1.807, 2.05) is 44.2 Å². The molecule has 3 rings (SSSR count). The number of nitro benzene ring substituents is 1. The van der Waals surface area contributed by atoms with Crippen LogP contribution in [0.2, 0.25) is 0 Å². The van der Waals surface area contributed by atoms with Crippen LogP contribution in [0.4, 0.5) is 5.69 Å². The van der Waals surface area contributed by atoms with Crippen molar-refractivity contribution in [2.24, 2.45) is 5.92 Å². The van der Waals surface area contributed by atoms with Crippen LogP contribution in [0, 0.1) is 16.0 Å². The number of nitro groups is 1. The van der Waals surface area contributed by atoms with E-state index in [0.717, 1.165) is 12.0 Å². The van der Waals surface area contributed by atoms with E-state index < -0.39 is 11.0 Å². The van der Waals surface area contributed by atoms with Gasteiger partial charge >= 0.3 is 0 Å². The third-order valence-corrected chi connectivity index (χ3v) is 4.90. The molecule has 0 aliphatic rings. The highest BCUT2D eigenvalue weighted by atomic mass is 16.6. The maximum absolute atomic E-state index is 12.4. The molecule has 0 saturated heterocycles. The van der Waals surface area contributed by atoms with Crippen LogP contribution in [-0.2, 0) is 16.1 Å². The molecular formula is C22H24N4O5. The second kappa shape index (κ2) is 10.4. The number of hydrogen-bond acceptors (Lipinski definition) is 7. The van der Waals surface area contributed by atoms with Crippen LogP contribution in [0.3, 0.4) is 0 Å². The maximum Gasteiger partial charge on any atom is 0.270 e. The largest absolute Gasteiger partial charge is 0.367 e. The molecule has 0 unspecified atom stereocenters. The molecule has 0 spiro atoms. The van der Waals surface area contributed by atoms with Crippen LogP contribution in [0.1, 0.15) is 37.8 Å². The quantitative estimate of drug-likeness (QED) is 0.385. The lowest BCUT2D eigenvalue weighted by atomic mass is 9.99. The number of rotatable bonds is 10. The van der Waals surface area contributed by atoms with Gasteiger partial charge in [0, 0.05) is 17.7 Å². The Balaban J connectivity index is 1.67. The lowest BCUT2D eigenvalue weighted by molar-refractivity contribution is -0.384. The Kier molecular flexibility index (Phi) is 7.45. The van der Waals surface area contributed by atoms with Gasteiger partial charge in [-0.05, 0) is 11.5 Å². The molecule has 0 aliphatic carbocycles. The van der Waals surface area contributed by atoms with Gasteiger partial charge in [0.25, 0.3) is 5.69 Å². The first-order chi connectivity index (χ1) is 15.0. The van der Waals surface area contributed by atoms with Crippen molar-refractivity contribution in [1.82, 2.24) is 15.5 Å². The predicted octanol–water partition coefficient (Wildman–Crippen LogP) is 4.07. The van der Waals surface area contributed by atoms with Crippen molar-refractivity contribution in [3.63, 3.8) is 0 Å². The second-order valence-electron chi connectivity index (χ2n) is 7.17. The van der Waals surface area contributed by atoms with E-state index in [1.165, 1.54) is 12.1 Å². The second-order valence-corrected chi connectivity index (χ2v) is 7.17. The smallest absolute Gasteiger partial charge is 0.270 e. The molecule has 0 radical (unpaired) electrons. The molecule has 2 aromatic carbocycles. The van der Waals surface area contributed by atoms with Gasteiger partial charge in [-0.25, -0.2) is 0 Å². The third-order valence-electron chi connectivity index (χ3n) is 4.90. The first-order valence-corrected chi connectivity index (χ1v) is 9.97. The summed E-state index contributed by atoms with van der Waals surface area (Å²) in [4.78, 5) is 27.3. The Morgan fingerprint density at radius 3 is 2.71 bits per heavy atom. The highest BCUT2D eigenvalue weighted by molar-refractivity contribution is 5.77. The van der Waals surface area contributed by atoms with Crippen molar-refractivity contribution in [1.29, 1.82) is 0 Å². The van der Waals surface area contributed by atoms with Crippen molar-refractivity contribution in [3.05, 3.63) is 76.2 Å². The van der Waals surface area contributed by atoms with Crippen LogP contribution >= 0.6 is 0 Å². The molecule has 1 heterocycles. The number of hydrogen-bond donors (Lipinski definition) is 1. The van der Waals surface area contributed by atoms with Crippen LogP contribution in [0.5, 0.6) is 0 Å². The summed E-state index contributed by atoms with van der Waals surface area (Å²) >= 11 is 0. The molecule has 0 saturated carbocycles. The summed E-state index contributed by atoms with van der Waals surface area (Å²) in [5.41, 5.74) is 1.38. The Labute approximate surface area is 179 Å². The predicted molar refractivity (Wildman–Crippen MR) is 113 cm³/mol. The van der Waals surface area contributed by atoms with Crippen molar-refractivity contribution < 1.29 is 19.0 Å². The van der Waals surface area contributed by atoms with Gasteiger partial charge in [-0.1, -0.05) is 67.9 Å². The average Bonchev–Trinajstić information content (AvgIpc) is 3.28. The molecular weight excluding hydrogens is 400 g/mol. The normalized spacial score (nSPS) is 12.8. The van der Waals surface area contributed by atoms with E-state index in [4.69, 9.17) is 9.26 Å². The molecule has 0 bridgehead atoms. The summed E-state index contributed by atoms with van der Waals surface area (Å²) in [6, 6.07) is 15.1. The molecule has 0 aliphatic heterocycles. The van der Waals surface area contributed by atoms with E-state index in [2.05, 4.69) is 15.5 Å². The first kappa shape index (κ1) is 22.1. The van der Waals surface area contributed by atoms with Crippen LogP contribution in [0.25, 0.3) is 11.4 Å². The third kappa shape index (κ3) is 5.95. The summed E-state index contributed by atoms with van der Waals surface area (Å²) in [6.07, 6.45) is 0.768. The van der Waals surface area contributed by atoms with Gasteiger partial charge in [0.05, 0.1) is 11.5 Å². The molecule has 9 nitrogen and oxygen atoms in total. The lowest BCUT2D eigenvalue weighted by Crippen LogP contribution is -2.35. The van der Waals surface area contributed by atoms with Gasteiger partial charge in [-0.3, -0.25) is 14.9 Å². The van der Waals surface area contributed by atoms with Gasteiger partial charge in [-0.2, -0.15) is 4.98 Å². The number of carbonyl (C=O) groups is 1. The molecule has 9 heteroatoms. The number of benzene rings is 2. The molecule has 1 aromatic heterocycles. The zero-order valence-electron chi connectivity index (χ0n) is 17.4. The standard InChI is InChI=1S/C22H24N4O5/c1-3-15(2)20(23-19(27)14-30-13-16-8-5-4-6-9-16)22-24-21(25-31-22)17-10-7-11-18(12-17)26(28)29/h4-12,15,20H,3,13-14H2,1-2H3,(H,23,27)/t15-,20+/m1/s1. The molecule has 1 N–H and O–H groups in total. The number of carbonyl (C=O) groups excluding carboxylic acids is 1. The number of nitrogens with one attached hydrogen (secondary N) is 1. The lowest BCUT2D eigenvalue weighted by Gasteiger charge is -2.20. The Bertz CT molecular complexity index is 1020. The summed E-state index contributed by atoms with van der Waals surface area (Å²) in [5, 5.41) is 17.8. The average molecular weight is 424 g/mol. The first-order valence-electron chi connectivity index (χ1n) is 9.97. The summed E-state index contributed by atoms with van der Waals surface area (Å²) in [7, 11) is 0. The summed E-state index contributed by atoms with van der Waals surface area (Å²) in [6.45, 7) is 4.19. The minimum Gasteiger partial charge on any atom is -0.367 e. The minimum absolute atomic E-state index is 0.0245. The van der Waals surface area contributed by atoms with Gasteiger partial charge in [0.2, 0.25) is 17.6 Å². The Morgan fingerprint density at radius 2 is 2.00 bits per heavy atom. The fourth-order valence-corrected chi connectivity index (χ4v) is 2.97. The van der Waals surface area contributed by atoms with Gasteiger partial charge in [-0.15, -0.1) is 0 Å². The van der Waals surface area contributed by atoms with Gasteiger partial charge in [0.15, 0.2) is 0 Å². The van der Waals surface area contributed by atoms with Crippen molar-refractivity contribution in [3.8, 4) is 11.4 Å². The fraction of sp³-hybridized carbons (Fsp3) is 0.318. The summed E-state index contributed by atoms with van der Waals surface area (Å²) < 4.78 is 10.9. The van der Waals surface area contributed by atoms with E-state index in [0.29, 0.717) is 12.2 Å². The maximum atomic E-state index is 12.4. The van der Waals surface area contributed by atoms with Crippen molar-refractivity contribution in [2.45, 2.75) is 32.9 Å². The molecule has 31 heavy (non-hydrogen) atoms. The van der Waals surface area contributed by atoms with E-state index >= 15 is 0 Å². The highest BCUT2D eigenvalue weighted by Gasteiger charge is 2.26. The van der Waals surface area contributed by atoms with Crippen molar-refractivity contribution >= 4 is 11.6 Å². The van der Waals surface area contributed by atoms with E-state index in [9.17, 15) is 14.9 Å². The molecule has 0 fully saturated rings.